The molecule has 0 unspecified atom stereocenters. The Kier molecular flexibility index (Phi) is 2.95. The van der Waals surface area contributed by atoms with Crippen molar-refractivity contribution in [2.75, 3.05) is 12.4 Å². The van der Waals surface area contributed by atoms with Crippen molar-refractivity contribution in [1.82, 2.24) is 4.98 Å². The molecule has 0 bridgehead atoms. The minimum absolute atomic E-state index is 0.537. The van der Waals surface area contributed by atoms with Gasteiger partial charge in [-0.2, -0.15) is 4.98 Å². The summed E-state index contributed by atoms with van der Waals surface area (Å²) in [6, 6.07) is 6.39. The number of nitrogens with one attached hydrogen (secondary N) is 1. The Morgan fingerprint density at radius 1 is 1.29 bits per heavy atom. The molecule has 0 amide bonds. The molecule has 0 saturated carbocycles. The molecule has 3 nitrogen and oxygen atoms in total. The fourth-order valence-corrected chi connectivity index (χ4v) is 1.89. The quantitative estimate of drug-likeness (QED) is 0.619. The van der Waals surface area contributed by atoms with Gasteiger partial charge in [0.2, 0.25) is 0 Å². The Balaban J connectivity index is 2.40. The van der Waals surface area contributed by atoms with Gasteiger partial charge in [-0.25, -0.2) is 0 Å². The maximum atomic E-state index is 5.46. The molecule has 4 heteroatoms. The lowest BCUT2D eigenvalue weighted by Gasteiger charge is -2.03. The van der Waals surface area contributed by atoms with E-state index in [9.17, 15) is 0 Å². The van der Waals surface area contributed by atoms with E-state index in [4.69, 9.17) is 4.42 Å². The Hall–Kier alpha value is -1.73. The molecule has 88 valence electrons. The van der Waals surface area contributed by atoms with Gasteiger partial charge in [0.1, 0.15) is 13.6 Å². The van der Waals surface area contributed by atoms with Crippen molar-refractivity contribution in [3.63, 3.8) is 0 Å². The molecule has 0 radical (unpaired) electrons. The van der Waals surface area contributed by atoms with Crippen LogP contribution in [0.25, 0.3) is 11.1 Å². The van der Waals surface area contributed by atoms with Crippen molar-refractivity contribution in [2.45, 2.75) is 19.6 Å². The minimum Gasteiger partial charge on any atom is -0.424 e. The zero-order chi connectivity index (χ0) is 12.5. The second kappa shape index (κ2) is 4.26. The van der Waals surface area contributed by atoms with Gasteiger partial charge in [0, 0.05) is 12.6 Å². The molecule has 0 atom stereocenters. The van der Waals surface area contributed by atoms with Crippen LogP contribution in [0.1, 0.15) is 5.56 Å². The Morgan fingerprint density at radius 2 is 2.06 bits per heavy atom. The summed E-state index contributed by atoms with van der Waals surface area (Å²) in [5.41, 5.74) is 5.96. The van der Waals surface area contributed by atoms with Crippen LogP contribution in [-0.4, -0.2) is 20.1 Å². The lowest BCUT2D eigenvalue weighted by molar-refractivity contribution is 0.620. The zero-order valence-electron chi connectivity index (χ0n) is 10.6. The molecule has 0 aliphatic heterocycles. The van der Waals surface area contributed by atoms with Crippen LogP contribution in [0.15, 0.2) is 22.6 Å². The van der Waals surface area contributed by atoms with Crippen LogP contribution < -0.4 is 5.32 Å². The van der Waals surface area contributed by atoms with E-state index >= 15 is 0 Å². The molecule has 0 aliphatic carbocycles. The van der Waals surface area contributed by atoms with Crippen molar-refractivity contribution in [2.24, 2.45) is 0 Å². The summed E-state index contributed by atoms with van der Waals surface area (Å²) in [6.45, 7) is 6.69. The monoisotopic (exact) mass is 244 g/mol. The fourth-order valence-electron chi connectivity index (χ4n) is 1.37. The van der Waals surface area contributed by atoms with Crippen molar-refractivity contribution in [3.8, 4) is 11.5 Å². The number of fused-ring (bicyclic) bond motifs is 1. The van der Waals surface area contributed by atoms with E-state index in [2.05, 4.69) is 41.4 Å². The number of oxazole rings is 1. The summed E-state index contributed by atoms with van der Waals surface area (Å²) < 4.78 is 5.46. The largest absolute Gasteiger partial charge is 0.424 e. The van der Waals surface area contributed by atoms with E-state index in [-0.39, 0.29) is 0 Å². The Bertz CT molecular complexity index is 599. The SMILES string of the molecule is CNc1nc2cc(C#C[Si](C)(C)C)ccc2o1. The maximum Gasteiger partial charge on any atom is 0.295 e. The minimum atomic E-state index is -1.33. The van der Waals surface area contributed by atoms with Crippen LogP contribution in [0.5, 0.6) is 0 Å². The Labute approximate surface area is 102 Å². The van der Waals surface area contributed by atoms with Crippen LogP contribution in [0.3, 0.4) is 0 Å². The van der Waals surface area contributed by atoms with E-state index in [0.717, 1.165) is 16.7 Å². The third kappa shape index (κ3) is 2.89. The van der Waals surface area contributed by atoms with E-state index in [1.807, 2.05) is 18.2 Å². The predicted molar refractivity (Wildman–Crippen MR) is 73.8 cm³/mol. The van der Waals surface area contributed by atoms with Crippen LogP contribution in [0.4, 0.5) is 6.01 Å². The first-order chi connectivity index (χ1) is 7.98. The molecule has 0 spiro atoms. The van der Waals surface area contributed by atoms with Crippen LogP contribution >= 0.6 is 0 Å². The summed E-state index contributed by atoms with van der Waals surface area (Å²) in [6.07, 6.45) is 0. The van der Waals surface area contributed by atoms with Gasteiger partial charge < -0.3 is 9.73 Å². The number of anilines is 1. The lowest BCUT2D eigenvalue weighted by atomic mass is 10.2. The number of rotatable bonds is 1. The molecule has 2 aromatic rings. The highest BCUT2D eigenvalue weighted by atomic mass is 28.3. The van der Waals surface area contributed by atoms with E-state index in [1.165, 1.54) is 0 Å². The third-order valence-corrected chi connectivity index (χ3v) is 3.06. The average Bonchev–Trinajstić information content (AvgIpc) is 2.67. The highest BCUT2D eigenvalue weighted by Crippen LogP contribution is 2.19. The van der Waals surface area contributed by atoms with Crippen molar-refractivity contribution in [1.29, 1.82) is 0 Å². The van der Waals surface area contributed by atoms with Gasteiger partial charge in [-0.05, 0) is 18.2 Å². The lowest BCUT2D eigenvalue weighted by Crippen LogP contribution is -2.16. The van der Waals surface area contributed by atoms with Crippen molar-refractivity contribution < 1.29 is 4.42 Å². The molecule has 1 N–H and O–H groups in total. The summed E-state index contributed by atoms with van der Waals surface area (Å²) in [5.74, 6) is 3.21. The van der Waals surface area contributed by atoms with E-state index < -0.39 is 8.07 Å². The smallest absolute Gasteiger partial charge is 0.295 e. The summed E-state index contributed by atoms with van der Waals surface area (Å²) in [4.78, 5) is 4.30. The van der Waals surface area contributed by atoms with Crippen LogP contribution in [-0.2, 0) is 0 Å². The van der Waals surface area contributed by atoms with Gasteiger partial charge in [-0.3, -0.25) is 0 Å². The van der Waals surface area contributed by atoms with Crippen molar-refractivity contribution >= 4 is 25.2 Å². The molecule has 2 rings (SSSR count). The second-order valence-corrected chi connectivity index (χ2v) is 9.70. The highest BCUT2D eigenvalue weighted by molar-refractivity contribution is 6.83. The maximum absolute atomic E-state index is 5.46. The van der Waals surface area contributed by atoms with Gasteiger partial charge in [-0.1, -0.05) is 25.6 Å². The average molecular weight is 244 g/mol. The summed E-state index contributed by atoms with van der Waals surface area (Å²) >= 11 is 0. The van der Waals surface area contributed by atoms with Gasteiger partial charge in [0.15, 0.2) is 5.58 Å². The number of hydrogen-bond acceptors (Lipinski definition) is 3. The first-order valence-electron chi connectivity index (χ1n) is 5.59. The zero-order valence-corrected chi connectivity index (χ0v) is 11.6. The summed E-state index contributed by atoms with van der Waals surface area (Å²) in [5, 5.41) is 2.89. The van der Waals surface area contributed by atoms with Gasteiger partial charge in [0.05, 0.1) is 0 Å². The van der Waals surface area contributed by atoms with Gasteiger partial charge >= 0.3 is 0 Å². The third-order valence-electron chi connectivity index (χ3n) is 2.18. The van der Waals surface area contributed by atoms with Gasteiger partial charge in [0.25, 0.3) is 6.01 Å². The molecular weight excluding hydrogens is 228 g/mol. The fraction of sp³-hybridized carbons (Fsp3) is 0.308. The summed E-state index contributed by atoms with van der Waals surface area (Å²) in [7, 11) is 0.462. The molecule has 1 aromatic heterocycles. The number of benzene rings is 1. The first kappa shape index (κ1) is 11.7. The topological polar surface area (TPSA) is 38.1 Å². The molecule has 1 aromatic carbocycles. The van der Waals surface area contributed by atoms with Crippen molar-refractivity contribution in [3.05, 3.63) is 23.8 Å². The van der Waals surface area contributed by atoms with Crippen LogP contribution in [0.2, 0.25) is 19.6 Å². The number of hydrogen-bond donors (Lipinski definition) is 1. The molecule has 0 fully saturated rings. The normalized spacial score (nSPS) is 11.1. The molecular formula is C13H16N2OSi. The molecule has 0 saturated heterocycles. The molecule has 1 heterocycles. The molecule has 17 heavy (non-hydrogen) atoms. The van der Waals surface area contributed by atoms with E-state index in [0.29, 0.717) is 6.01 Å². The molecule has 0 aliphatic rings. The second-order valence-electron chi connectivity index (χ2n) is 4.95. The standard InChI is InChI=1S/C13H16N2OSi/c1-14-13-15-11-9-10(5-6-12(11)16-13)7-8-17(2,3)4/h5-6,9H,1-4H3,(H,14,15). The number of nitrogens with zero attached hydrogens (tertiary/aromatic N) is 1. The van der Waals surface area contributed by atoms with Crippen LogP contribution in [0, 0.1) is 11.5 Å². The van der Waals surface area contributed by atoms with Gasteiger partial charge in [-0.15, -0.1) is 5.54 Å². The predicted octanol–water partition coefficient (Wildman–Crippen LogP) is 3.10. The van der Waals surface area contributed by atoms with E-state index in [1.54, 1.807) is 7.05 Å². The number of aromatic nitrogens is 1. The highest BCUT2D eigenvalue weighted by Gasteiger charge is 2.08. The first-order valence-corrected chi connectivity index (χ1v) is 9.09. The Morgan fingerprint density at radius 3 is 2.71 bits per heavy atom.